The van der Waals surface area contributed by atoms with Crippen LogP contribution >= 0.6 is 11.3 Å². The molecular weight excluding hydrogens is 655 g/mol. The first kappa shape index (κ1) is 29.1. The minimum absolute atomic E-state index is 0.618. The molecule has 5 heteroatoms. The van der Waals surface area contributed by atoms with Crippen LogP contribution in [0.1, 0.15) is 0 Å². The van der Waals surface area contributed by atoms with Crippen molar-refractivity contribution in [3.8, 4) is 45.3 Å². The highest BCUT2D eigenvalue weighted by Gasteiger charge is 2.20. The summed E-state index contributed by atoms with van der Waals surface area (Å²) in [6.45, 7) is 0. The number of aromatic nitrogens is 3. The lowest BCUT2D eigenvalue weighted by molar-refractivity contribution is 0.669. The first-order valence-electron chi connectivity index (χ1n) is 17.4. The number of fused-ring (bicyclic) bond motifs is 10. The van der Waals surface area contributed by atoms with Gasteiger partial charge < -0.3 is 4.42 Å². The monoisotopic (exact) mass is 681 g/mol. The average Bonchev–Trinajstić information content (AvgIpc) is 3.79. The Morgan fingerprint density at radius 3 is 1.85 bits per heavy atom. The highest BCUT2D eigenvalue weighted by molar-refractivity contribution is 7.27. The van der Waals surface area contributed by atoms with Crippen molar-refractivity contribution in [1.29, 1.82) is 0 Å². The molecule has 0 radical (unpaired) electrons. The molecular formula is C47H27N3OS. The summed E-state index contributed by atoms with van der Waals surface area (Å²) in [5.41, 5.74) is 7.00. The largest absolute Gasteiger partial charge is 0.456 e. The maximum Gasteiger partial charge on any atom is 0.164 e. The van der Waals surface area contributed by atoms with Crippen molar-refractivity contribution in [2.45, 2.75) is 0 Å². The van der Waals surface area contributed by atoms with Crippen molar-refractivity contribution in [3.63, 3.8) is 0 Å². The topological polar surface area (TPSA) is 51.8 Å². The van der Waals surface area contributed by atoms with E-state index in [2.05, 4.69) is 115 Å². The minimum atomic E-state index is 0.618. The van der Waals surface area contributed by atoms with Gasteiger partial charge in [-0.2, -0.15) is 0 Å². The third kappa shape index (κ3) is 4.50. The summed E-state index contributed by atoms with van der Waals surface area (Å²) < 4.78 is 8.72. The average molecular weight is 682 g/mol. The van der Waals surface area contributed by atoms with E-state index in [1.54, 1.807) is 0 Å². The van der Waals surface area contributed by atoms with Crippen LogP contribution in [0, 0.1) is 0 Å². The second-order valence-electron chi connectivity index (χ2n) is 13.1. The molecule has 0 amide bonds. The Kier molecular flexibility index (Phi) is 6.39. The van der Waals surface area contributed by atoms with E-state index >= 15 is 0 Å². The molecule has 8 aromatic carbocycles. The summed E-state index contributed by atoms with van der Waals surface area (Å²) in [6, 6.07) is 57.3. The number of thiophene rings is 1. The number of hydrogen-bond donors (Lipinski definition) is 0. The molecule has 11 rings (SSSR count). The molecule has 0 aliphatic heterocycles. The zero-order valence-corrected chi connectivity index (χ0v) is 28.6. The number of benzene rings is 8. The van der Waals surface area contributed by atoms with Crippen LogP contribution < -0.4 is 0 Å². The highest BCUT2D eigenvalue weighted by Crippen LogP contribution is 2.46. The van der Waals surface area contributed by atoms with Crippen molar-refractivity contribution in [2.75, 3.05) is 0 Å². The van der Waals surface area contributed by atoms with Gasteiger partial charge in [-0.25, -0.2) is 15.0 Å². The summed E-state index contributed by atoms with van der Waals surface area (Å²) >= 11 is 1.87. The summed E-state index contributed by atoms with van der Waals surface area (Å²) in [5.74, 6) is 1.89. The molecule has 0 unspecified atom stereocenters. The molecule has 242 valence electrons. The predicted molar refractivity (Wildman–Crippen MR) is 217 cm³/mol. The molecule has 3 aromatic heterocycles. The van der Waals surface area contributed by atoms with E-state index in [1.807, 2.05) is 59.9 Å². The highest BCUT2D eigenvalue weighted by atomic mass is 32.1. The summed E-state index contributed by atoms with van der Waals surface area (Å²) in [7, 11) is 0. The molecule has 0 saturated carbocycles. The quantitative estimate of drug-likeness (QED) is 0.174. The molecule has 11 aromatic rings. The zero-order chi connectivity index (χ0) is 34.2. The van der Waals surface area contributed by atoms with Gasteiger partial charge in [-0.15, -0.1) is 11.3 Å². The molecule has 0 aliphatic rings. The van der Waals surface area contributed by atoms with E-state index in [4.69, 9.17) is 19.4 Å². The van der Waals surface area contributed by atoms with Crippen molar-refractivity contribution in [1.82, 2.24) is 15.0 Å². The van der Waals surface area contributed by atoms with Crippen LogP contribution in [-0.2, 0) is 0 Å². The fourth-order valence-corrected chi connectivity index (χ4v) is 9.07. The molecule has 0 fully saturated rings. The molecule has 4 nitrogen and oxygen atoms in total. The van der Waals surface area contributed by atoms with E-state index in [1.165, 1.54) is 42.1 Å². The fraction of sp³-hybridized carbons (Fsp3) is 0. The van der Waals surface area contributed by atoms with Crippen LogP contribution in [0.5, 0.6) is 0 Å². The van der Waals surface area contributed by atoms with Gasteiger partial charge in [0, 0.05) is 53.0 Å². The van der Waals surface area contributed by atoms with Crippen LogP contribution in [0.3, 0.4) is 0 Å². The van der Waals surface area contributed by atoms with Gasteiger partial charge in [0.05, 0.1) is 0 Å². The number of nitrogens with zero attached hydrogens (tertiary/aromatic N) is 3. The molecule has 0 saturated heterocycles. The van der Waals surface area contributed by atoms with Crippen LogP contribution in [0.25, 0.3) is 109 Å². The molecule has 0 spiro atoms. The summed E-state index contributed by atoms with van der Waals surface area (Å²) in [6.07, 6.45) is 0. The van der Waals surface area contributed by atoms with E-state index in [-0.39, 0.29) is 0 Å². The van der Waals surface area contributed by atoms with Gasteiger partial charge in [0.2, 0.25) is 0 Å². The lowest BCUT2D eigenvalue weighted by Crippen LogP contribution is -2.00. The Bertz CT molecular complexity index is 3180. The van der Waals surface area contributed by atoms with Gasteiger partial charge in [-0.1, -0.05) is 133 Å². The second-order valence-corrected chi connectivity index (χ2v) is 14.2. The third-order valence-corrected chi connectivity index (χ3v) is 11.4. The van der Waals surface area contributed by atoms with Crippen LogP contribution in [-0.4, -0.2) is 15.0 Å². The number of para-hydroxylation sites is 1. The van der Waals surface area contributed by atoms with E-state index in [0.29, 0.717) is 17.5 Å². The van der Waals surface area contributed by atoms with Gasteiger partial charge in [0.1, 0.15) is 11.2 Å². The Hall–Kier alpha value is -6.69. The van der Waals surface area contributed by atoms with Crippen molar-refractivity contribution >= 4 is 75.0 Å². The molecule has 52 heavy (non-hydrogen) atoms. The van der Waals surface area contributed by atoms with Crippen LogP contribution in [0.4, 0.5) is 0 Å². The number of rotatable bonds is 4. The lowest BCUT2D eigenvalue weighted by atomic mass is 9.94. The zero-order valence-electron chi connectivity index (χ0n) is 27.7. The standard InChI is InChI=1S/C47H27N3OS/c1-3-12-28(13-4-1)33-19-11-20-36-37-24-23-35-39(26-30-16-7-8-17-32(30)42(35)44(37)52-43(33)36)47-49-45(29-14-5-2-6-15-29)48-46(50-47)31-22-25-41-38(27-31)34-18-9-10-21-40(34)51-41/h1-27H. The van der Waals surface area contributed by atoms with Gasteiger partial charge >= 0.3 is 0 Å². The van der Waals surface area contributed by atoms with Crippen molar-refractivity contribution in [3.05, 3.63) is 164 Å². The van der Waals surface area contributed by atoms with Crippen molar-refractivity contribution in [2.24, 2.45) is 0 Å². The minimum Gasteiger partial charge on any atom is -0.456 e. The predicted octanol–water partition coefficient (Wildman–Crippen LogP) is 13.1. The first-order valence-corrected chi connectivity index (χ1v) is 18.2. The molecule has 3 heterocycles. The van der Waals surface area contributed by atoms with E-state index in [9.17, 15) is 0 Å². The van der Waals surface area contributed by atoms with Gasteiger partial charge in [-0.05, 0) is 57.6 Å². The molecule has 0 bridgehead atoms. The normalized spacial score (nSPS) is 11.8. The van der Waals surface area contributed by atoms with E-state index in [0.717, 1.165) is 49.4 Å². The van der Waals surface area contributed by atoms with E-state index < -0.39 is 0 Å². The first-order chi connectivity index (χ1) is 25.8. The third-order valence-electron chi connectivity index (χ3n) is 10.1. The van der Waals surface area contributed by atoms with Crippen LogP contribution in [0.15, 0.2) is 168 Å². The second kappa shape index (κ2) is 11.4. The Morgan fingerprint density at radius 2 is 1.00 bits per heavy atom. The lowest BCUT2D eigenvalue weighted by Gasteiger charge is -2.13. The Morgan fingerprint density at radius 1 is 0.365 bits per heavy atom. The van der Waals surface area contributed by atoms with Crippen LogP contribution in [0.2, 0.25) is 0 Å². The molecule has 0 N–H and O–H groups in total. The van der Waals surface area contributed by atoms with Crippen molar-refractivity contribution < 1.29 is 4.42 Å². The number of hydrogen-bond acceptors (Lipinski definition) is 5. The Labute approximate surface area is 302 Å². The fourth-order valence-electron chi connectivity index (χ4n) is 7.67. The van der Waals surface area contributed by atoms with Gasteiger partial charge in [-0.3, -0.25) is 0 Å². The molecule has 0 aliphatic carbocycles. The SMILES string of the molecule is c1ccc(-c2nc(-c3ccc4oc5ccccc5c4c3)nc(-c3cc4ccccc4c4c3ccc3c5cccc(-c6ccccc6)c5sc34)n2)cc1. The summed E-state index contributed by atoms with van der Waals surface area (Å²) in [4.78, 5) is 15.5. The smallest absolute Gasteiger partial charge is 0.164 e. The van der Waals surface area contributed by atoms with Gasteiger partial charge in [0.25, 0.3) is 0 Å². The van der Waals surface area contributed by atoms with Gasteiger partial charge in [0.15, 0.2) is 17.5 Å². The summed E-state index contributed by atoms with van der Waals surface area (Å²) in [5, 5.41) is 9.34. The number of furan rings is 1. The Balaban J connectivity index is 1.20. The maximum atomic E-state index is 6.16. The maximum absolute atomic E-state index is 6.16. The molecule has 0 atom stereocenters.